The number of carbonyl (C=O) groups excluding carboxylic acids is 1. The van der Waals surface area contributed by atoms with Crippen LogP contribution < -0.4 is 5.56 Å². The molecule has 1 fully saturated rings. The number of likely N-dealkylation sites (tertiary alicyclic amines) is 1. The molecular weight excluding hydrogens is 320 g/mol. The molecule has 0 bridgehead atoms. The topological polar surface area (TPSA) is 75.7 Å². The highest BCUT2D eigenvalue weighted by Crippen LogP contribution is 2.27. The summed E-state index contributed by atoms with van der Waals surface area (Å²) in [6.07, 6.45) is 6.71. The summed E-state index contributed by atoms with van der Waals surface area (Å²) in [6, 6.07) is 6.48. The van der Waals surface area contributed by atoms with E-state index < -0.39 is 6.10 Å². The Kier molecular flexibility index (Phi) is 5.38. The van der Waals surface area contributed by atoms with Gasteiger partial charge in [-0.15, -0.1) is 0 Å². The van der Waals surface area contributed by atoms with E-state index in [1.165, 1.54) is 16.9 Å². The van der Waals surface area contributed by atoms with Crippen LogP contribution in [-0.2, 0) is 7.05 Å². The second-order valence-electron chi connectivity index (χ2n) is 6.63. The molecule has 2 aromatic rings. The van der Waals surface area contributed by atoms with E-state index in [1.54, 1.807) is 31.4 Å². The molecule has 0 aliphatic carbocycles. The zero-order chi connectivity index (χ0) is 17.8. The molecule has 2 unspecified atom stereocenters. The Bertz CT molecular complexity index is 766. The second kappa shape index (κ2) is 7.70. The fraction of sp³-hybridized carbons (Fsp3) is 0.474. The lowest BCUT2D eigenvalue weighted by atomic mass is 10.0. The predicted molar refractivity (Wildman–Crippen MR) is 93.3 cm³/mol. The lowest BCUT2D eigenvalue weighted by molar-refractivity contribution is 0.0557. The Morgan fingerprint density at radius 2 is 2.20 bits per heavy atom. The number of pyridine rings is 1. The molecule has 0 radical (unpaired) electrons. The summed E-state index contributed by atoms with van der Waals surface area (Å²) in [4.78, 5) is 26.6. The number of nitrogens with zero attached hydrogens (tertiary/aromatic N) is 2. The van der Waals surface area contributed by atoms with Crippen LogP contribution in [0.5, 0.6) is 0 Å². The standard InChI is InChI=1S/C19H24N2O4/c1-20-10-8-14(12-18(20)23)19(24)21-9-4-2-3-6-15(21)13-16(22)17-7-5-11-25-17/h5,7-8,10-12,15-16,22H,2-4,6,9,13H2,1H3. The van der Waals surface area contributed by atoms with Crippen LogP contribution in [0.3, 0.4) is 0 Å². The Morgan fingerprint density at radius 3 is 2.92 bits per heavy atom. The van der Waals surface area contributed by atoms with E-state index in [2.05, 4.69) is 0 Å². The van der Waals surface area contributed by atoms with Crippen molar-refractivity contribution in [1.29, 1.82) is 0 Å². The number of rotatable bonds is 4. The number of carbonyl (C=O) groups is 1. The van der Waals surface area contributed by atoms with Gasteiger partial charge in [0, 0.05) is 43.9 Å². The van der Waals surface area contributed by atoms with E-state index in [0.717, 1.165) is 25.7 Å². The van der Waals surface area contributed by atoms with Crippen molar-refractivity contribution in [2.75, 3.05) is 6.54 Å². The van der Waals surface area contributed by atoms with Crippen LogP contribution >= 0.6 is 0 Å². The third-order valence-electron chi connectivity index (χ3n) is 4.86. The van der Waals surface area contributed by atoms with Crippen LogP contribution in [0.2, 0.25) is 0 Å². The Labute approximate surface area is 146 Å². The van der Waals surface area contributed by atoms with Gasteiger partial charge in [0.1, 0.15) is 11.9 Å². The molecule has 6 nitrogen and oxygen atoms in total. The van der Waals surface area contributed by atoms with Gasteiger partial charge in [-0.1, -0.05) is 12.8 Å². The van der Waals surface area contributed by atoms with Gasteiger partial charge in [-0.25, -0.2) is 0 Å². The first-order valence-electron chi connectivity index (χ1n) is 8.75. The maximum Gasteiger partial charge on any atom is 0.254 e. The van der Waals surface area contributed by atoms with Crippen LogP contribution in [0, 0.1) is 0 Å². The number of furan rings is 1. The van der Waals surface area contributed by atoms with Gasteiger partial charge in [0.05, 0.1) is 6.26 Å². The van der Waals surface area contributed by atoms with Gasteiger partial charge in [-0.05, 0) is 31.0 Å². The van der Waals surface area contributed by atoms with Gasteiger partial charge >= 0.3 is 0 Å². The van der Waals surface area contributed by atoms with E-state index in [-0.39, 0.29) is 17.5 Å². The van der Waals surface area contributed by atoms with Gasteiger partial charge in [0.2, 0.25) is 0 Å². The third kappa shape index (κ3) is 4.02. The van der Waals surface area contributed by atoms with E-state index in [9.17, 15) is 14.7 Å². The first-order chi connectivity index (χ1) is 12.1. The molecule has 3 heterocycles. The fourth-order valence-electron chi connectivity index (χ4n) is 3.39. The molecule has 0 saturated carbocycles. The van der Waals surface area contributed by atoms with Crippen LogP contribution in [-0.4, -0.2) is 33.1 Å². The first kappa shape index (κ1) is 17.5. The van der Waals surface area contributed by atoms with Crippen LogP contribution in [0.4, 0.5) is 0 Å². The molecule has 134 valence electrons. The van der Waals surface area contributed by atoms with Gasteiger partial charge in [0.15, 0.2) is 0 Å². The minimum atomic E-state index is -0.739. The average Bonchev–Trinajstić information content (AvgIpc) is 3.05. The van der Waals surface area contributed by atoms with Crippen molar-refractivity contribution in [2.24, 2.45) is 7.05 Å². The molecule has 0 spiro atoms. The Hall–Kier alpha value is -2.34. The average molecular weight is 344 g/mol. The monoisotopic (exact) mass is 344 g/mol. The molecule has 25 heavy (non-hydrogen) atoms. The maximum atomic E-state index is 13.0. The van der Waals surface area contributed by atoms with Crippen molar-refractivity contribution in [3.05, 3.63) is 58.4 Å². The summed E-state index contributed by atoms with van der Waals surface area (Å²) in [5.41, 5.74) is 0.204. The largest absolute Gasteiger partial charge is 0.467 e. The molecule has 1 amide bonds. The Morgan fingerprint density at radius 1 is 1.36 bits per heavy atom. The number of aryl methyl sites for hydroxylation is 1. The molecule has 2 aromatic heterocycles. The van der Waals surface area contributed by atoms with E-state index in [1.807, 2.05) is 4.90 Å². The fourth-order valence-corrected chi connectivity index (χ4v) is 3.39. The van der Waals surface area contributed by atoms with Crippen molar-refractivity contribution in [3.63, 3.8) is 0 Å². The van der Waals surface area contributed by atoms with E-state index >= 15 is 0 Å². The van der Waals surface area contributed by atoms with Crippen molar-refractivity contribution >= 4 is 5.91 Å². The quantitative estimate of drug-likeness (QED) is 0.924. The zero-order valence-electron chi connectivity index (χ0n) is 14.4. The molecular formula is C19H24N2O4. The number of amides is 1. The van der Waals surface area contributed by atoms with Crippen LogP contribution in [0.25, 0.3) is 0 Å². The zero-order valence-corrected chi connectivity index (χ0v) is 14.4. The summed E-state index contributed by atoms with van der Waals surface area (Å²) in [7, 11) is 1.66. The predicted octanol–water partition coefficient (Wildman–Crippen LogP) is 2.49. The number of hydrogen-bond acceptors (Lipinski definition) is 4. The minimum absolute atomic E-state index is 0.0702. The first-order valence-corrected chi connectivity index (χ1v) is 8.75. The normalized spacial score (nSPS) is 19.4. The van der Waals surface area contributed by atoms with Crippen LogP contribution in [0.15, 0.2) is 45.9 Å². The number of hydrogen-bond donors (Lipinski definition) is 1. The maximum absolute atomic E-state index is 13.0. The Balaban J connectivity index is 1.80. The lowest BCUT2D eigenvalue weighted by Gasteiger charge is -2.31. The lowest BCUT2D eigenvalue weighted by Crippen LogP contribution is -2.41. The van der Waals surface area contributed by atoms with Gasteiger partial charge in [0.25, 0.3) is 11.5 Å². The van der Waals surface area contributed by atoms with Gasteiger partial charge in [-0.2, -0.15) is 0 Å². The van der Waals surface area contributed by atoms with Crippen molar-refractivity contribution in [2.45, 2.75) is 44.2 Å². The highest BCUT2D eigenvalue weighted by atomic mass is 16.4. The summed E-state index contributed by atoms with van der Waals surface area (Å²) in [5, 5.41) is 10.4. The van der Waals surface area contributed by atoms with Gasteiger partial charge in [-0.3, -0.25) is 9.59 Å². The minimum Gasteiger partial charge on any atom is -0.467 e. The third-order valence-corrected chi connectivity index (χ3v) is 4.86. The highest BCUT2D eigenvalue weighted by Gasteiger charge is 2.29. The molecule has 1 saturated heterocycles. The molecule has 0 aromatic carbocycles. The summed E-state index contributed by atoms with van der Waals surface area (Å²) >= 11 is 0. The molecule has 1 aliphatic rings. The van der Waals surface area contributed by atoms with E-state index in [4.69, 9.17) is 4.42 Å². The molecule has 2 atom stereocenters. The van der Waals surface area contributed by atoms with Crippen molar-refractivity contribution in [1.82, 2.24) is 9.47 Å². The SMILES string of the molecule is Cn1ccc(C(=O)N2CCCCCC2CC(O)c2ccco2)cc1=O. The van der Waals surface area contributed by atoms with Crippen molar-refractivity contribution < 1.29 is 14.3 Å². The van der Waals surface area contributed by atoms with E-state index in [0.29, 0.717) is 24.3 Å². The highest BCUT2D eigenvalue weighted by molar-refractivity contribution is 5.94. The smallest absolute Gasteiger partial charge is 0.254 e. The van der Waals surface area contributed by atoms with Gasteiger partial charge < -0.3 is 19.0 Å². The van der Waals surface area contributed by atoms with Crippen molar-refractivity contribution in [3.8, 4) is 0 Å². The van der Waals surface area contributed by atoms with Crippen LogP contribution in [0.1, 0.15) is 54.3 Å². The molecule has 1 N–H and O–H groups in total. The summed E-state index contributed by atoms with van der Waals surface area (Å²) in [5.74, 6) is 0.376. The molecule has 3 rings (SSSR count). The summed E-state index contributed by atoms with van der Waals surface area (Å²) in [6.45, 7) is 0.642. The summed E-state index contributed by atoms with van der Waals surface area (Å²) < 4.78 is 6.72. The number of aromatic nitrogens is 1. The number of aliphatic hydroxyl groups is 1. The second-order valence-corrected chi connectivity index (χ2v) is 6.63. The number of aliphatic hydroxyl groups excluding tert-OH is 1. The molecule has 1 aliphatic heterocycles. The molecule has 6 heteroatoms.